The highest BCUT2D eigenvalue weighted by atomic mass is 32.2. The first-order valence-corrected chi connectivity index (χ1v) is 10.8. The molecule has 0 aliphatic heterocycles. The third-order valence-electron chi connectivity index (χ3n) is 4.37. The number of rotatable bonds is 9. The van der Waals surface area contributed by atoms with E-state index in [2.05, 4.69) is 40.2 Å². The highest BCUT2D eigenvalue weighted by molar-refractivity contribution is 7.89. The fourth-order valence-electron chi connectivity index (χ4n) is 3.00. The van der Waals surface area contributed by atoms with Crippen LogP contribution in [-0.4, -0.2) is 33.0 Å². The number of hydrogen-bond acceptors (Lipinski definition) is 4. The van der Waals surface area contributed by atoms with Crippen molar-refractivity contribution < 1.29 is 8.42 Å². The number of pyridine rings is 1. The Morgan fingerprint density at radius 1 is 1.04 bits per heavy atom. The average Bonchev–Trinajstić information content (AvgIpc) is 2.71. The summed E-state index contributed by atoms with van der Waals surface area (Å²) in [6, 6.07) is 17.1. The van der Waals surface area contributed by atoms with Crippen molar-refractivity contribution in [3.63, 3.8) is 0 Å². The quantitative estimate of drug-likeness (QED) is 0.543. The second-order valence-electron chi connectivity index (χ2n) is 6.68. The van der Waals surface area contributed by atoms with E-state index in [1.807, 2.05) is 24.3 Å². The van der Waals surface area contributed by atoms with Crippen LogP contribution >= 0.6 is 0 Å². The Morgan fingerprint density at radius 3 is 2.68 bits per heavy atom. The predicted molar refractivity (Wildman–Crippen MR) is 115 cm³/mol. The van der Waals surface area contributed by atoms with Gasteiger partial charge in [0.05, 0.1) is 4.90 Å². The Kier molecular flexibility index (Phi) is 6.92. The van der Waals surface area contributed by atoms with E-state index in [4.69, 9.17) is 0 Å². The van der Waals surface area contributed by atoms with Gasteiger partial charge in [0.2, 0.25) is 10.0 Å². The van der Waals surface area contributed by atoms with Crippen molar-refractivity contribution >= 4 is 26.9 Å². The van der Waals surface area contributed by atoms with E-state index in [1.165, 1.54) is 11.1 Å². The zero-order valence-corrected chi connectivity index (χ0v) is 16.7. The third-order valence-corrected chi connectivity index (χ3v) is 5.89. The monoisotopic (exact) mass is 395 g/mol. The summed E-state index contributed by atoms with van der Waals surface area (Å²) in [5.74, 6) is 0. The number of nitrogens with one attached hydrogen (secondary N) is 2. The van der Waals surface area contributed by atoms with Gasteiger partial charge in [0.25, 0.3) is 0 Å². The molecule has 0 radical (unpaired) electrons. The van der Waals surface area contributed by atoms with Gasteiger partial charge in [-0.2, -0.15) is 0 Å². The fourth-order valence-corrected chi connectivity index (χ4v) is 4.30. The first-order chi connectivity index (χ1) is 13.6. The van der Waals surface area contributed by atoms with E-state index >= 15 is 0 Å². The van der Waals surface area contributed by atoms with Crippen LogP contribution in [0.2, 0.25) is 0 Å². The molecule has 1 heterocycles. The Bertz CT molecular complexity index is 1040. The molecule has 0 amide bonds. The van der Waals surface area contributed by atoms with E-state index in [-0.39, 0.29) is 0 Å². The lowest BCUT2D eigenvalue weighted by atomic mass is 10.1. The van der Waals surface area contributed by atoms with Crippen LogP contribution in [-0.2, 0) is 10.0 Å². The van der Waals surface area contributed by atoms with E-state index in [1.54, 1.807) is 30.6 Å². The van der Waals surface area contributed by atoms with Crippen LogP contribution in [0.15, 0.2) is 77.5 Å². The molecule has 2 aromatic carbocycles. The van der Waals surface area contributed by atoms with Crippen LogP contribution in [0, 0.1) is 0 Å². The second-order valence-corrected chi connectivity index (χ2v) is 8.42. The molecule has 0 saturated heterocycles. The molecule has 1 aromatic heterocycles. The Labute approximate surface area is 166 Å². The largest absolute Gasteiger partial charge is 0.313 e. The summed E-state index contributed by atoms with van der Waals surface area (Å²) in [5, 5.41) is 4.85. The number of hydrogen-bond donors (Lipinski definition) is 2. The van der Waals surface area contributed by atoms with Crippen molar-refractivity contribution in [1.29, 1.82) is 0 Å². The van der Waals surface area contributed by atoms with Crippen LogP contribution in [0.5, 0.6) is 0 Å². The summed E-state index contributed by atoms with van der Waals surface area (Å²) in [5.41, 5.74) is 2.41. The fraction of sp³-hybridized carbons (Fsp3) is 0.227. The van der Waals surface area contributed by atoms with Crippen molar-refractivity contribution in [2.45, 2.75) is 18.2 Å². The van der Waals surface area contributed by atoms with E-state index in [0.717, 1.165) is 18.5 Å². The summed E-state index contributed by atoms with van der Waals surface area (Å²) < 4.78 is 28.0. The van der Waals surface area contributed by atoms with Crippen molar-refractivity contribution in [3.05, 3.63) is 78.1 Å². The third kappa shape index (κ3) is 5.48. The Hall–Kier alpha value is -2.54. The molecule has 5 nitrogen and oxygen atoms in total. The van der Waals surface area contributed by atoms with Gasteiger partial charge in [-0.25, -0.2) is 13.1 Å². The van der Waals surface area contributed by atoms with Crippen LogP contribution in [0.1, 0.15) is 18.9 Å². The molecule has 3 rings (SSSR count). The maximum absolute atomic E-state index is 12.6. The van der Waals surface area contributed by atoms with E-state index in [0.29, 0.717) is 23.2 Å². The summed E-state index contributed by atoms with van der Waals surface area (Å²) >= 11 is 0. The van der Waals surface area contributed by atoms with Crippen molar-refractivity contribution in [2.24, 2.45) is 0 Å². The minimum atomic E-state index is -3.55. The number of nitrogens with zero attached hydrogens (tertiary/aromatic N) is 1. The number of fused-ring (bicyclic) bond motifs is 1. The molecule has 2 N–H and O–H groups in total. The lowest BCUT2D eigenvalue weighted by molar-refractivity contribution is 0.576. The van der Waals surface area contributed by atoms with Gasteiger partial charge in [0, 0.05) is 36.3 Å². The smallest absolute Gasteiger partial charge is 0.241 e. The van der Waals surface area contributed by atoms with Gasteiger partial charge >= 0.3 is 0 Å². The minimum absolute atomic E-state index is 0.294. The lowest BCUT2D eigenvalue weighted by Crippen LogP contribution is -2.28. The SMILES string of the molecule is CC(=Cc1ccccc1)CNCCCNS(=O)(=O)c1cccc2cnccc12. The van der Waals surface area contributed by atoms with Crippen LogP contribution in [0.3, 0.4) is 0 Å². The minimum Gasteiger partial charge on any atom is -0.313 e. The molecule has 0 spiro atoms. The van der Waals surface area contributed by atoms with Crippen LogP contribution in [0.4, 0.5) is 0 Å². The zero-order valence-electron chi connectivity index (χ0n) is 15.9. The molecule has 0 aliphatic rings. The van der Waals surface area contributed by atoms with E-state index in [9.17, 15) is 8.42 Å². The van der Waals surface area contributed by atoms with Crippen molar-refractivity contribution in [3.8, 4) is 0 Å². The number of aromatic nitrogens is 1. The molecule has 0 aliphatic carbocycles. The maximum Gasteiger partial charge on any atom is 0.241 e. The van der Waals surface area contributed by atoms with Gasteiger partial charge in [0.15, 0.2) is 0 Å². The summed E-state index contributed by atoms with van der Waals surface area (Å²) in [6.45, 7) is 3.98. The topological polar surface area (TPSA) is 71.1 Å². The molecule has 0 saturated carbocycles. The standard InChI is InChI=1S/C22H25N3O2S/c1-18(15-19-7-3-2-4-8-19)16-23-12-6-13-25-28(26,27)22-10-5-9-20-17-24-14-11-21(20)22/h2-5,7-11,14-15,17,23,25H,6,12-13,16H2,1H3. The Balaban J connectivity index is 1.46. The molecule has 0 bridgehead atoms. The second kappa shape index (κ2) is 9.59. The molecule has 146 valence electrons. The number of sulfonamides is 1. The van der Waals surface area contributed by atoms with Gasteiger partial charge < -0.3 is 5.32 Å². The normalized spacial score (nSPS) is 12.4. The van der Waals surface area contributed by atoms with Gasteiger partial charge in [-0.1, -0.05) is 54.1 Å². The first kappa shape index (κ1) is 20.2. The average molecular weight is 396 g/mol. The molecule has 6 heteroatoms. The Morgan fingerprint density at radius 2 is 1.86 bits per heavy atom. The van der Waals surface area contributed by atoms with Gasteiger partial charge in [0.1, 0.15) is 0 Å². The lowest BCUT2D eigenvalue weighted by Gasteiger charge is -2.10. The molecule has 28 heavy (non-hydrogen) atoms. The van der Waals surface area contributed by atoms with Gasteiger partial charge in [-0.3, -0.25) is 4.98 Å². The summed E-state index contributed by atoms with van der Waals surface area (Å²) in [6.07, 6.45) is 6.13. The molecule has 0 fully saturated rings. The number of benzene rings is 2. The maximum atomic E-state index is 12.6. The summed E-state index contributed by atoms with van der Waals surface area (Å²) in [7, 11) is -3.55. The highest BCUT2D eigenvalue weighted by Crippen LogP contribution is 2.21. The zero-order chi connectivity index (χ0) is 19.8. The summed E-state index contributed by atoms with van der Waals surface area (Å²) in [4.78, 5) is 4.34. The molecular formula is C22H25N3O2S. The predicted octanol–water partition coefficient (Wildman–Crippen LogP) is 3.60. The van der Waals surface area contributed by atoms with Crippen LogP contribution < -0.4 is 10.0 Å². The van der Waals surface area contributed by atoms with Crippen LogP contribution in [0.25, 0.3) is 16.8 Å². The van der Waals surface area contributed by atoms with E-state index < -0.39 is 10.0 Å². The molecule has 0 unspecified atom stereocenters. The van der Waals surface area contributed by atoms with Gasteiger partial charge in [-0.05, 0) is 37.6 Å². The first-order valence-electron chi connectivity index (χ1n) is 9.31. The van der Waals surface area contributed by atoms with Crippen molar-refractivity contribution in [2.75, 3.05) is 19.6 Å². The van der Waals surface area contributed by atoms with Crippen molar-refractivity contribution in [1.82, 2.24) is 15.0 Å². The molecule has 3 aromatic rings. The molecule has 0 atom stereocenters. The highest BCUT2D eigenvalue weighted by Gasteiger charge is 2.16. The molecular weight excluding hydrogens is 370 g/mol. The van der Waals surface area contributed by atoms with Gasteiger partial charge in [-0.15, -0.1) is 0 Å².